The number of hydrogen-bond donors (Lipinski definition) is 1. The molecular formula is C18H19Cl2N5O2. The zero-order valence-corrected chi connectivity index (χ0v) is 16.7. The van der Waals surface area contributed by atoms with E-state index in [1.807, 2.05) is 49.6 Å². The molecule has 0 aliphatic carbocycles. The molecule has 9 heteroatoms. The molecule has 1 aromatic carbocycles. The Kier molecular flexibility index (Phi) is 5.53. The molecule has 0 spiro atoms. The number of carbonyl (C=O) groups is 1. The van der Waals surface area contributed by atoms with E-state index in [2.05, 4.69) is 20.3 Å². The van der Waals surface area contributed by atoms with E-state index in [0.29, 0.717) is 24.3 Å². The Labute approximate surface area is 166 Å². The minimum absolute atomic E-state index is 0.0813. The predicted molar refractivity (Wildman–Crippen MR) is 104 cm³/mol. The van der Waals surface area contributed by atoms with Gasteiger partial charge in [0.1, 0.15) is 11.1 Å². The third kappa shape index (κ3) is 5.08. The van der Waals surface area contributed by atoms with Crippen LogP contribution in [0.15, 0.2) is 30.6 Å². The van der Waals surface area contributed by atoms with Crippen molar-refractivity contribution in [2.75, 3.05) is 0 Å². The summed E-state index contributed by atoms with van der Waals surface area (Å²) in [5.74, 6) is 0. The number of nitrogens with one attached hydrogen (secondary N) is 1. The van der Waals surface area contributed by atoms with Crippen molar-refractivity contribution in [1.82, 2.24) is 24.8 Å². The molecule has 7 nitrogen and oxygen atoms in total. The maximum atomic E-state index is 11.7. The van der Waals surface area contributed by atoms with E-state index >= 15 is 0 Å². The van der Waals surface area contributed by atoms with Gasteiger partial charge in [-0.1, -0.05) is 35.9 Å². The van der Waals surface area contributed by atoms with Crippen LogP contribution in [-0.4, -0.2) is 31.2 Å². The van der Waals surface area contributed by atoms with Gasteiger partial charge in [-0.15, -0.1) is 0 Å². The van der Waals surface area contributed by atoms with Crippen molar-refractivity contribution in [2.45, 2.75) is 39.5 Å². The minimum Gasteiger partial charge on any atom is -0.444 e. The van der Waals surface area contributed by atoms with Crippen LogP contribution in [0.2, 0.25) is 10.4 Å². The largest absolute Gasteiger partial charge is 0.444 e. The Morgan fingerprint density at radius 2 is 1.81 bits per heavy atom. The maximum Gasteiger partial charge on any atom is 0.407 e. The standard InChI is InChI=1S/C18H19Cl2N5O2/c1-18(2,3)27-17(26)21-8-11-4-6-12(7-5-11)9-25-10-22-13-14(19)23-16(20)24-15(13)25/h4-7,10H,8-9H2,1-3H3,(H,21,26). The van der Waals surface area contributed by atoms with Crippen LogP contribution in [-0.2, 0) is 17.8 Å². The van der Waals surface area contributed by atoms with Crippen molar-refractivity contribution in [3.63, 3.8) is 0 Å². The Bertz CT molecular complexity index is 964. The van der Waals surface area contributed by atoms with Gasteiger partial charge in [0.15, 0.2) is 10.8 Å². The van der Waals surface area contributed by atoms with Gasteiger partial charge < -0.3 is 14.6 Å². The average Bonchev–Trinajstić information content (AvgIpc) is 2.96. The van der Waals surface area contributed by atoms with E-state index < -0.39 is 11.7 Å². The lowest BCUT2D eigenvalue weighted by molar-refractivity contribution is 0.0523. The maximum absolute atomic E-state index is 11.7. The molecule has 142 valence electrons. The topological polar surface area (TPSA) is 81.9 Å². The number of benzene rings is 1. The highest BCUT2D eigenvalue weighted by Gasteiger charge is 2.15. The molecule has 0 atom stereocenters. The second-order valence-corrected chi connectivity index (χ2v) is 7.70. The number of nitrogens with zero attached hydrogens (tertiary/aromatic N) is 4. The first-order valence-electron chi connectivity index (χ1n) is 8.30. The number of hydrogen-bond acceptors (Lipinski definition) is 5. The summed E-state index contributed by atoms with van der Waals surface area (Å²) >= 11 is 11.9. The van der Waals surface area contributed by atoms with Crippen LogP contribution < -0.4 is 5.32 Å². The Morgan fingerprint density at radius 3 is 2.48 bits per heavy atom. The van der Waals surface area contributed by atoms with Gasteiger partial charge in [-0.05, 0) is 43.5 Å². The number of carbonyl (C=O) groups excluding carboxylic acids is 1. The molecule has 3 aromatic rings. The van der Waals surface area contributed by atoms with Gasteiger partial charge in [0, 0.05) is 6.54 Å². The summed E-state index contributed by atoms with van der Waals surface area (Å²) in [5.41, 5.74) is 2.58. The van der Waals surface area contributed by atoms with Gasteiger partial charge in [-0.2, -0.15) is 4.98 Å². The van der Waals surface area contributed by atoms with E-state index in [9.17, 15) is 4.79 Å². The first-order valence-corrected chi connectivity index (χ1v) is 9.05. The van der Waals surface area contributed by atoms with Crippen LogP contribution in [0.4, 0.5) is 4.79 Å². The van der Waals surface area contributed by atoms with Crippen LogP contribution in [0, 0.1) is 0 Å². The second-order valence-electron chi connectivity index (χ2n) is 7.00. The normalized spacial score (nSPS) is 11.6. The fourth-order valence-electron chi connectivity index (χ4n) is 2.45. The zero-order valence-electron chi connectivity index (χ0n) is 15.2. The van der Waals surface area contributed by atoms with E-state index in [4.69, 9.17) is 27.9 Å². The third-order valence-electron chi connectivity index (χ3n) is 3.61. The van der Waals surface area contributed by atoms with Crippen molar-refractivity contribution >= 4 is 40.5 Å². The van der Waals surface area contributed by atoms with Crippen LogP contribution in [0.5, 0.6) is 0 Å². The van der Waals surface area contributed by atoms with Gasteiger partial charge in [-0.25, -0.2) is 14.8 Å². The van der Waals surface area contributed by atoms with E-state index in [1.54, 1.807) is 6.33 Å². The van der Waals surface area contributed by atoms with Crippen molar-refractivity contribution in [1.29, 1.82) is 0 Å². The van der Waals surface area contributed by atoms with Crippen LogP contribution in [0.3, 0.4) is 0 Å². The quantitative estimate of drug-likeness (QED) is 0.517. The third-order valence-corrected chi connectivity index (χ3v) is 4.04. The number of halogens is 2. The molecular weight excluding hydrogens is 389 g/mol. The number of fused-ring (bicyclic) bond motifs is 1. The fraction of sp³-hybridized carbons (Fsp3) is 0.333. The number of ether oxygens (including phenoxy) is 1. The molecule has 0 unspecified atom stereocenters. The van der Waals surface area contributed by atoms with Gasteiger partial charge >= 0.3 is 6.09 Å². The lowest BCUT2D eigenvalue weighted by atomic mass is 10.1. The summed E-state index contributed by atoms with van der Waals surface area (Å²) in [6, 6.07) is 7.84. The smallest absolute Gasteiger partial charge is 0.407 e. The Balaban J connectivity index is 1.65. The second kappa shape index (κ2) is 7.70. The van der Waals surface area contributed by atoms with Crippen LogP contribution >= 0.6 is 23.2 Å². The number of aromatic nitrogens is 4. The predicted octanol–water partition coefficient (Wildman–Crippen LogP) is 4.21. The molecule has 2 aromatic heterocycles. The minimum atomic E-state index is -0.517. The van der Waals surface area contributed by atoms with Crippen molar-refractivity contribution in [3.05, 3.63) is 52.2 Å². The van der Waals surface area contributed by atoms with E-state index in [0.717, 1.165) is 11.1 Å². The van der Waals surface area contributed by atoms with Crippen molar-refractivity contribution < 1.29 is 9.53 Å². The molecule has 0 fully saturated rings. The lowest BCUT2D eigenvalue weighted by Crippen LogP contribution is -2.32. The van der Waals surface area contributed by atoms with Gasteiger partial charge in [0.2, 0.25) is 5.28 Å². The summed E-state index contributed by atoms with van der Waals surface area (Å²) in [7, 11) is 0. The lowest BCUT2D eigenvalue weighted by Gasteiger charge is -2.19. The Morgan fingerprint density at radius 1 is 1.15 bits per heavy atom. The molecule has 2 heterocycles. The molecule has 1 amide bonds. The van der Waals surface area contributed by atoms with Gasteiger partial charge in [-0.3, -0.25) is 0 Å². The molecule has 0 aliphatic heterocycles. The number of imidazole rings is 1. The van der Waals surface area contributed by atoms with Crippen LogP contribution in [0.1, 0.15) is 31.9 Å². The molecule has 1 N–H and O–H groups in total. The summed E-state index contributed by atoms with van der Waals surface area (Å²) in [4.78, 5) is 24.0. The first kappa shape index (κ1) is 19.4. The highest BCUT2D eigenvalue weighted by atomic mass is 35.5. The molecule has 3 rings (SSSR count). The zero-order chi connectivity index (χ0) is 19.6. The summed E-state index contributed by atoms with van der Waals surface area (Å²) in [6.45, 7) is 6.42. The fourth-order valence-corrected chi connectivity index (χ4v) is 2.87. The molecule has 0 aliphatic rings. The van der Waals surface area contributed by atoms with Gasteiger partial charge in [0.05, 0.1) is 12.9 Å². The summed E-state index contributed by atoms with van der Waals surface area (Å²) in [6.07, 6.45) is 1.21. The summed E-state index contributed by atoms with van der Waals surface area (Å²) in [5, 5.41) is 3.04. The SMILES string of the molecule is CC(C)(C)OC(=O)NCc1ccc(Cn2cnc3c(Cl)nc(Cl)nc32)cc1. The van der Waals surface area contributed by atoms with Gasteiger partial charge in [0.25, 0.3) is 0 Å². The number of amides is 1. The number of rotatable bonds is 4. The average molecular weight is 408 g/mol. The number of alkyl carbamates (subject to hydrolysis) is 1. The molecule has 0 saturated heterocycles. The van der Waals surface area contributed by atoms with Crippen molar-refractivity contribution in [2.24, 2.45) is 0 Å². The van der Waals surface area contributed by atoms with E-state index in [1.165, 1.54) is 0 Å². The van der Waals surface area contributed by atoms with Crippen molar-refractivity contribution in [3.8, 4) is 0 Å². The van der Waals surface area contributed by atoms with E-state index in [-0.39, 0.29) is 10.4 Å². The highest BCUT2D eigenvalue weighted by Crippen LogP contribution is 2.21. The molecule has 0 saturated carbocycles. The first-order chi connectivity index (χ1) is 12.7. The highest BCUT2D eigenvalue weighted by molar-refractivity contribution is 6.35. The molecule has 0 bridgehead atoms. The molecule has 0 radical (unpaired) electrons. The Hall–Kier alpha value is -2.38. The molecule has 27 heavy (non-hydrogen) atoms. The monoisotopic (exact) mass is 407 g/mol. The van der Waals surface area contributed by atoms with Crippen LogP contribution in [0.25, 0.3) is 11.2 Å². The summed E-state index contributed by atoms with van der Waals surface area (Å²) < 4.78 is 7.07.